The van der Waals surface area contributed by atoms with Crippen LogP contribution in [0.15, 0.2) is 48.5 Å². The molecule has 1 unspecified atom stereocenters. The fraction of sp³-hybridized carbons (Fsp3) is 0.133. The Morgan fingerprint density at radius 2 is 1.83 bits per heavy atom. The van der Waals surface area contributed by atoms with Crippen molar-refractivity contribution >= 4 is 5.91 Å². The van der Waals surface area contributed by atoms with Gasteiger partial charge >= 0.3 is 0 Å². The molecule has 2 aromatic carbocycles. The van der Waals surface area contributed by atoms with Gasteiger partial charge in [0.05, 0.1) is 5.92 Å². The van der Waals surface area contributed by atoms with Gasteiger partial charge in [0.1, 0.15) is 5.82 Å². The van der Waals surface area contributed by atoms with Crippen LogP contribution in [0.3, 0.4) is 0 Å². The molecule has 2 N–H and O–H groups in total. The lowest BCUT2D eigenvalue weighted by Gasteiger charge is -2.10. The molecule has 1 atom stereocenters. The van der Waals surface area contributed by atoms with Crippen molar-refractivity contribution in [2.24, 2.45) is 5.73 Å². The van der Waals surface area contributed by atoms with Gasteiger partial charge in [-0.25, -0.2) is 4.39 Å². The average Bonchev–Trinajstić information content (AvgIpc) is 2.38. The Hall–Kier alpha value is -2.16. The second-order valence-corrected chi connectivity index (χ2v) is 4.23. The molecule has 0 bridgehead atoms. The summed E-state index contributed by atoms with van der Waals surface area (Å²) in [4.78, 5) is 11.1. The molecule has 2 aromatic rings. The number of nitrogens with two attached hydrogens (primary N) is 1. The molecular weight excluding hydrogens is 229 g/mol. The molecule has 0 heterocycles. The molecule has 18 heavy (non-hydrogen) atoms. The van der Waals surface area contributed by atoms with E-state index in [2.05, 4.69) is 0 Å². The van der Waals surface area contributed by atoms with E-state index >= 15 is 0 Å². The van der Waals surface area contributed by atoms with E-state index in [0.717, 1.165) is 5.56 Å². The minimum atomic E-state index is -0.482. The zero-order valence-electron chi connectivity index (χ0n) is 10.1. The summed E-state index contributed by atoms with van der Waals surface area (Å²) < 4.78 is 14.0. The number of carbonyl (C=O) groups excluding carboxylic acids is 1. The van der Waals surface area contributed by atoms with E-state index in [0.29, 0.717) is 11.1 Å². The summed E-state index contributed by atoms with van der Waals surface area (Å²) in [7, 11) is 0. The molecular formula is C15H14FNO. The molecule has 2 nitrogen and oxygen atoms in total. The van der Waals surface area contributed by atoms with Gasteiger partial charge in [-0.1, -0.05) is 42.5 Å². The maximum Gasteiger partial charge on any atom is 0.224 e. The van der Waals surface area contributed by atoms with Crippen molar-refractivity contribution in [3.05, 3.63) is 59.9 Å². The standard InChI is InChI=1S/C15H14FNO/c1-10(15(17)18)12-7-8-13(14(16)9-12)11-5-3-2-4-6-11/h2-10H,1H3,(H2,17,18). The molecule has 0 aliphatic heterocycles. The Morgan fingerprint density at radius 1 is 1.17 bits per heavy atom. The number of amides is 1. The number of carbonyl (C=O) groups is 1. The third-order valence-electron chi connectivity index (χ3n) is 3.00. The molecule has 2 rings (SSSR count). The first kappa shape index (κ1) is 12.3. The van der Waals surface area contributed by atoms with E-state index in [1.807, 2.05) is 30.3 Å². The van der Waals surface area contributed by atoms with Crippen molar-refractivity contribution in [2.75, 3.05) is 0 Å². The van der Waals surface area contributed by atoms with Crippen molar-refractivity contribution in [1.82, 2.24) is 0 Å². The monoisotopic (exact) mass is 243 g/mol. The van der Waals surface area contributed by atoms with E-state index in [-0.39, 0.29) is 5.82 Å². The normalized spacial score (nSPS) is 12.1. The molecule has 0 aliphatic carbocycles. The number of rotatable bonds is 3. The van der Waals surface area contributed by atoms with Crippen LogP contribution in [0.25, 0.3) is 11.1 Å². The van der Waals surface area contributed by atoms with Crippen molar-refractivity contribution in [1.29, 1.82) is 0 Å². The summed E-state index contributed by atoms with van der Waals surface area (Å²) in [5, 5.41) is 0. The average molecular weight is 243 g/mol. The third-order valence-corrected chi connectivity index (χ3v) is 3.00. The summed E-state index contributed by atoms with van der Waals surface area (Å²) in [6.45, 7) is 1.67. The van der Waals surface area contributed by atoms with Gasteiger partial charge in [-0.15, -0.1) is 0 Å². The highest BCUT2D eigenvalue weighted by Crippen LogP contribution is 2.25. The maximum absolute atomic E-state index is 14.0. The second kappa shape index (κ2) is 5.00. The molecule has 0 saturated heterocycles. The third kappa shape index (κ3) is 2.40. The SMILES string of the molecule is CC(C(N)=O)c1ccc(-c2ccccc2)c(F)c1. The Balaban J connectivity index is 2.40. The summed E-state index contributed by atoms with van der Waals surface area (Å²) in [6, 6.07) is 14.1. The lowest BCUT2D eigenvalue weighted by atomic mass is 9.96. The van der Waals surface area contributed by atoms with Crippen LogP contribution in [0.1, 0.15) is 18.4 Å². The highest BCUT2D eigenvalue weighted by molar-refractivity contribution is 5.81. The van der Waals surface area contributed by atoms with Gasteiger partial charge in [-0.3, -0.25) is 4.79 Å². The van der Waals surface area contributed by atoms with Crippen molar-refractivity contribution in [3.8, 4) is 11.1 Å². The van der Waals surface area contributed by atoms with Crippen LogP contribution in [0.5, 0.6) is 0 Å². The van der Waals surface area contributed by atoms with Crippen LogP contribution in [-0.2, 0) is 4.79 Å². The Morgan fingerprint density at radius 3 is 2.39 bits per heavy atom. The molecule has 0 aromatic heterocycles. The van der Waals surface area contributed by atoms with Crippen LogP contribution in [0, 0.1) is 5.82 Å². The molecule has 92 valence electrons. The zero-order chi connectivity index (χ0) is 13.1. The summed E-state index contributed by atoms with van der Waals surface area (Å²) in [6.07, 6.45) is 0. The molecule has 0 fully saturated rings. The smallest absolute Gasteiger partial charge is 0.224 e. The second-order valence-electron chi connectivity index (χ2n) is 4.23. The zero-order valence-corrected chi connectivity index (χ0v) is 10.1. The Labute approximate surface area is 105 Å². The van der Waals surface area contributed by atoms with Crippen LogP contribution < -0.4 is 5.73 Å². The quantitative estimate of drug-likeness (QED) is 0.884. The Kier molecular flexibility index (Phi) is 3.42. The molecule has 0 radical (unpaired) electrons. The molecule has 1 amide bonds. The fourth-order valence-electron chi connectivity index (χ4n) is 1.82. The highest BCUT2D eigenvalue weighted by Gasteiger charge is 2.14. The van der Waals surface area contributed by atoms with E-state index in [9.17, 15) is 9.18 Å². The van der Waals surface area contributed by atoms with Gasteiger partial charge in [-0.2, -0.15) is 0 Å². The van der Waals surface area contributed by atoms with E-state index in [4.69, 9.17) is 5.73 Å². The van der Waals surface area contributed by atoms with E-state index in [1.54, 1.807) is 19.1 Å². The van der Waals surface area contributed by atoms with Crippen molar-refractivity contribution in [2.45, 2.75) is 12.8 Å². The number of hydrogen-bond acceptors (Lipinski definition) is 1. The van der Waals surface area contributed by atoms with Gasteiger partial charge in [0.2, 0.25) is 5.91 Å². The molecule has 0 saturated carbocycles. The number of hydrogen-bond donors (Lipinski definition) is 1. The Bertz CT molecular complexity index is 566. The minimum absolute atomic E-state index is 0.341. The van der Waals surface area contributed by atoms with Gasteiger partial charge in [-0.05, 0) is 24.1 Å². The number of benzene rings is 2. The van der Waals surface area contributed by atoms with Crippen LogP contribution >= 0.6 is 0 Å². The first-order valence-corrected chi connectivity index (χ1v) is 5.74. The lowest BCUT2D eigenvalue weighted by Crippen LogP contribution is -2.18. The van der Waals surface area contributed by atoms with Crippen LogP contribution in [-0.4, -0.2) is 5.91 Å². The predicted octanol–water partition coefficient (Wildman–Crippen LogP) is 3.08. The van der Waals surface area contributed by atoms with Gasteiger partial charge in [0, 0.05) is 5.56 Å². The summed E-state index contributed by atoms with van der Waals surface area (Å²) in [5.41, 5.74) is 7.14. The topological polar surface area (TPSA) is 43.1 Å². The first-order valence-electron chi connectivity index (χ1n) is 5.74. The predicted molar refractivity (Wildman–Crippen MR) is 69.4 cm³/mol. The highest BCUT2D eigenvalue weighted by atomic mass is 19.1. The maximum atomic E-state index is 14.0. The lowest BCUT2D eigenvalue weighted by molar-refractivity contribution is -0.119. The first-order chi connectivity index (χ1) is 8.59. The summed E-state index contributed by atoms with van der Waals surface area (Å²) >= 11 is 0. The largest absolute Gasteiger partial charge is 0.369 e. The van der Waals surface area contributed by atoms with Gasteiger partial charge in [0.15, 0.2) is 0 Å². The molecule has 3 heteroatoms. The van der Waals surface area contributed by atoms with E-state index in [1.165, 1.54) is 6.07 Å². The van der Waals surface area contributed by atoms with Crippen molar-refractivity contribution < 1.29 is 9.18 Å². The number of primary amides is 1. The van der Waals surface area contributed by atoms with Gasteiger partial charge in [0.25, 0.3) is 0 Å². The molecule has 0 spiro atoms. The van der Waals surface area contributed by atoms with Crippen molar-refractivity contribution in [3.63, 3.8) is 0 Å². The number of halogens is 1. The summed E-state index contributed by atoms with van der Waals surface area (Å²) in [5.74, 6) is -1.28. The van der Waals surface area contributed by atoms with Crippen LogP contribution in [0.2, 0.25) is 0 Å². The van der Waals surface area contributed by atoms with E-state index < -0.39 is 11.8 Å². The fourth-order valence-corrected chi connectivity index (χ4v) is 1.82. The minimum Gasteiger partial charge on any atom is -0.369 e. The molecule has 0 aliphatic rings. The van der Waals surface area contributed by atoms with Crippen LogP contribution in [0.4, 0.5) is 4.39 Å². The van der Waals surface area contributed by atoms with Gasteiger partial charge < -0.3 is 5.73 Å².